The number of thiophene rings is 1. The summed E-state index contributed by atoms with van der Waals surface area (Å²) in [5.74, 6) is 0.482. The molecule has 1 saturated heterocycles. The third-order valence-corrected chi connectivity index (χ3v) is 7.89. The predicted molar refractivity (Wildman–Crippen MR) is 74.7 cm³/mol. The van der Waals surface area contributed by atoms with Gasteiger partial charge in [0.2, 0.25) is 0 Å². The summed E-state index contributed by atoms with van der Waals surface area (Å²) in [4.78, 5) is 1.10. The summed E-state index contributed by atoms with van der Waals surface area (Å²) in [6.07, 6.45) is 2.31. The molecule has 2 heterocycles. The number of hydrogen-bond donors (Lipinski definition) is 1. The Morgan fingerprint density at radius 3 is 2.79 bits per heavy atom. The first-order valence-corrected chi connectivity index (χ1v) is 9.05. The van der Waals surface area contributed by atoms with Gasteiger partial charge in [-0.1, -0.05) is 6.92 Å². The molecule has 2 fully saturated rings. The third-order valence-electron chi connectivity index (χ3n) is 4.37. The van der Waals surface area contributed by atoms with E-state index >= 15 is 0 Å². The second kappa shape index (κ2) is 4.84. The minimum absolute atomic E-state index is 0.139. The van der Waals surface area contributed by atoms with Gasteiger partial charge in [-0.05, 0) is 37.3 Å². The molecule has 4 nitrogen and oxygen atoms in total. The number of aliphatic hydroxyl groups is 1. The molecule has 0 aromatic carbocycles. The summed E-state index contributed by atoms with van der Waals surface area (Å²) < 4.78 is 27.1. The van der Waals surface area contributed by atoms with Crippen molar-refractivity contribution in [1.29, 1.82) is 0 Å². The zero-order valence-corrected chi connectivity index (χ0v) is 12.6. The fraction of sp³-hybridized carbons (Fsp3) is 0.692. The lowest BCUT2D eigenvalue weighted by Gasteiger charge is -2.17. The lowest BCUT2D eigenvalue weighted by Crippen LogP contribution is -2.30. The summed E-state index contributed by atoms with van der Waals surface area (Å²) in [5, 5.41) is 9.88. The average Bonchev–Trinajstić information content (AvgIpc) is 3.06. The molecule has 0 radical (unpaired) electrons. The van der Waals surface area contributed by atoms with Crippen LogP contribution in [0.4, 0.5) is 0 Å². The summed E-state index contributed by atoms with van der Waals surface area (Å²) in [7, 11) is -3.35. The maximum Gasteiger partial charge on any atom is 0.252 e. The zero-order valence-electron chi connectivity index (χ0n) is 10.9. The van der Waals surface area contributed by atoms with Gasteiger partial charge in [-0.3, -0.25) is 0 Å². The van der Waals surface area contributed by atoms with Gasteiger partial charge in [0.1, 0.15) is 4.21 Å². The maximum absolute atomic E-state index is 12.6. The van der Waals surface area contributed by atoms with E-state index in [0.29, 0.717) is 23.2 Å². The second-order valence-corrected chi connectivity index (χ2v) is 8.80. The first kappa shape index (κ1) is 13.5. The fourth-order valence-electron chi connectivity index (χ4n) is 3.21. The summed E-state index contributed by atoms with van der Waals surface area (Å²) >= 11 is 1.36. The predicted octanol–water partition coefficient (Wildman–Crippen LogP) is 1.70. The molecule has 106 valence electrons. The van der Waals surface area contributed by atoms with Gasteiger partial charge in [-0.25, -0.2) is 8.42 Å². The number of sulfonamides is 1. The van der Waals surface area contributed by atoms with Crippen LogP contribution in [0.25, 0.3) is 0 Å². The number of aliphatic hydroxyl groups excluding tert-OH is 1. The van der Waals surface area contributed by atoms with E-state index in [2.05, 4.69) is 0 Å². The molecule has 0 spiro atoms. The van der Waals surface area contributed by atoms with Crippen molar-refractivity contribution in [2.24, 2.45) is 11.8 Å². The van der Waals surface area contributed by atoms with E-state index in [4.69, 9.17) is 0 Å². The molecular weight excluding hydrogens is 282 g/mol. The maximum atomic E-state index is 12.6. The van der Waals surface area contributed by atoms with Gasteiger partial charge >= 0.3 is 0 Å². The largest absolute Gasteiger partial charge is 0.393 e. The molecule has 1 saturated carbocycles. The normalized spacial score (nSPS) is 31.8. The van der Waals surface area contributed by atoms with Crippen molar-refractivity contribution in [2.45, 2.75) is 36.5 Å². The molecule has 1 aliphatic carbocycles. The van der Waals surface area contributed by atoms with Crippen molar-refractivity contribution in [2.75, 3.05) is 13.1 Å². The molecule has 3 rings (SSSR count). The summed E-state index contributed by atoms with van der Waals surface area (Å²) in [6, 6.07) is 3.60. The van der Waals surface area contributed by atoms with E-state index in [0.717, 1.165) is 24.1 Å². The number of nitrogens with zero attached hydrogens (tertiary/aromatic N) is 1. The van der Waals surface area contributed by atoms with Crippen LogP contribution >= 0.6 is 11.3 Å². The molecule has 0 amide bonds. The molecule has 3 atom stereocenters. The molecule has 1 aromatic rings. The van der Waals surface area contributed by atoms with E-state index in [9.17, 15) is 13.5 Å². The molecule has 2 aliphatic rings. The second-order valence-electron chi connectivity index (χ2n) is 5.46. The Bertz CT molecular complexity index is 566. The molecule has 19 heavy (non-hydrogen) atoms. The summed E-state index contributed by atoms with van der Waals surface area (Å²) in [5.41, 5.74) is 0. The average molecular weight is 301 g/mol. The van der Waals surface area contributed by atoms with Crippen LogP contribution in [0.15, 0.2) is 16.3 Å². The van der Waals surface area contributed by atoms with E-state index < -0.39 is 10.0 Å². The Morgan fingerprint density at radius 2 is 2.16 bits per heavy atom. The third kappa shape index (κ3) is 2.24. The first-order chi connectivity index (χ1) is 9.02. The quantitative estimate of drug-likeness (QED) is 0.924. The van der Waals surface area contributed by atoms with Gasteiger partial charge in [-0.15, -0.1) is 11.3 Å². The van der Waals surface area contributed by atoms with Gasteiger partial charge < -0.3 is 5.11 Å². The number of hydrogen-bond acceptors (Lipinski definition) is 4. The van der Waals surface area contributed by atoms with Crippen molar-refractivity contribution in [3.05, 3.63) is 17.0 Å². The van der Waals surface area contributed by atoms with Crippen LogP contribution in [0.5, 0.6) is 0 Å². The van der Waals surface area contributed by atoms with Gasteiger partial charge in [-0.2, -0.15) is 4.31 Å². The monoisotopic (exact) mass is 301 g/mol. The Kier molecular flexibility index (Phi) is 3.45. The number of fused-ring (bicyclic) bond motifs is 1. The van der Waals surface area contributed by atoms with Gasteiger partial charge in [0, 0.05) is 23.9 Å². The molecule has 1 aliphatic heterocycles. The highest BCUT2D eigenvalue weighted by atomic mass is 32.2. The Hall–Kier alpha value is -0.430. The van der Waals surface area contributed by atoms with E-state index in [-0.39, 0.29) is 12.0 Å². The minimum Gasteiger partial charge on any atom is -0.393 e. The zero-order chi connectivity index (χ0) is 13.6. The number of rotatable bonds is 3. The summed E-state index contributed by atoms with van der Waals surface area (Å²) in [6.45, 7) is 3.08. The highest BCUT2D eigenvalue weighted by molar-refractivity contribution is 7.91. The number of aryl methyl sites for hydroxylation is 1. The van der Waals surface area contributed by atoms with Crippen LogP contribution in [-0.4, -0.2) is 37.0 Å². The Balaban J connectivity index is 1.82. The van der Waals surface area contributed by atoms with Crippen LogP contribution in [0, 0.1) is 11.8 Å². The van der Waals surface area contributed by atoms with Crippen LogP contribution in [-0.2, 0) is 16.4 Å². The van der Waals surface area contributed by atoms with E-state index in [1.807, 2.05) is 13.0 Å². The Labute approximate surface area is 118 Å². The standard InChI is InChI=1S/C13H19NO3S2/c1-2-10-4-6-13(18-10)19(16,17)14-7-9-3-5-12(15)11(9)8-14/h4,6,9,11-12,15H,2-3,5,7-8H2,1H3. The lowest BCUT2D eigenvalue weighted by atomic mass is 10.00. The minimum atomic E-state index is -3.35. The Morgan fingerprint density at radius 1 is 1.37 bits per heavy atom. The van der Waals surface area contributed by atoms with Crippen LogP contribution < -0.4 is 0 Å². The van der Waals surface area contributed by atoms with E-state index in [1.54, 1.807) is 10.4 Å². The molecule has 6 heteroatoms. The van der Waals surface area contributed by atoms with Crippen LogP contribution in [0.1, 0.15) is 24.6 Å². The highest BCUT2D eigenvalue weighted by Crippen LogP contribution is 2.40. The van der Waals surface area contributed by atoms with Crippen molar-refractivity contribution in [1.82, 2.24) is 4.31 Å². The SMILES string of the molecule is CCc1ccc(S(=O)(=O)N2CC3CCC(O)C3C2)s1. The fourth-order valence-corrected chi connectivity index (χ4v) is 6.19. The van der Waals surface area contributed by atoms with Gasteiger partial charge in [0.25, 0.3) is 10.0 Å². The molecule has 3 unspecified atom stereocenters. The topological polar surface area (TPSA) is 57.6 Å². The van der Waals surface area contributed by atoms with Gasteiger partial charge in [0.15, 0.2) is 0 Å². The smallest absolute Gasteiger partial charge is 0.252 e. The highest BCUT2D eigenvalue weighted by Gasteiger charge is 2.45. The van der Waals surface area contributed by atoms with Crippen molar-refractivity contribution in [3.63, 3.8) is 0 Å². The lowest BCUT2D eigenvalue weighted by molar-refractivity contribution is 0.129. The first-order valence-electron chi connectivity index (χ1n) is 6.79. The molecule has 1 N–H and O–H groups in total. The molecular formula is C13H19NO3S2. The van der Waals surface area contributed by atoms with E-state index in [1.165, 1.54) is 11.3 Å². The van der Waals surface area contributed by atoms with Crippen molar-refractivity contribution >= 4 is 21.4 Å². The van der Waals surface area contributed by atoms with Crippen LogP contribution in [0.3, 0.4) is 0 Å². The molecule has 0 bridgehead atoms. The van der Waals surface area contributed by atoms with Crippen molar-refractivity contribution < 1.29 is 13.5 Å². The molecule has 1 aromatic heterocycles. The van der Waals surface area contributed by atoms with Crippen molar-refractivity contribution in [3.8, 4) is 0 Å². The van der Waals surface area contributed by atoms with Gasteiger partial charge in [0.05, 0.1) is 6.10 Å². The van der Waals surface area contributed by atoms with Crippen LogP contribution in [0.2, 0.25) is 0 Å².